The summed E-state index contributed by atoms with van der Waals surface area (Å²) in [7, 11) is 1.59. The molecule has 1 aromatic carbocycles. The van der Waals surface area contributed by atoms with E-state index in [1.165, 1.54) is 28.4 Å². The van der Waals surface area contributed by atoms with Crippen molar-refractivity contribution in [1.82, 2.24) is 4.90 Å². The molecule has 1 amide bonds. The number of carbonyl (C=O) groups is 2. The van der Waals surface area contributed by atoms with Crippen molar-refractivity contribution in [3.63, 3.8) is 0 Å². The molecule has 5 nitrogen and oxygen atoms in total. The van der Waals surface area contributed by atoms with Crippen molar-refractivity contribution >= 4 is 35.4 Å². The molecule has 0 bridgehead atoms. The van der Waals surface area contributed by atoms with E-state index in [1.807, 2.05) is 41.7 Å². The summed E-state index contributed by atoms with van der Waals surface area (Å²) >= 11 is 3.86. The van der Waals surface area contributed by atoms with Gasteiger partial charge in [0.1, 0.15) is 0 Å². The van der Waals surface area contributed by atoms with Crippen LogP contribution in [-0.2, 0) is 9.53 Å². The number of ether oxygens (including phenoxy) is 1. The van der Waals surface area contributed by atoms with Crippen LogP contribution in [0.4, 0.5) is 0 Å². The molecule has 0 atom stereocenters. The van der Waals surface area contributed by atoms with Crippen LogP contribution in [0.2, 0.25) is 0 Å². The van der Waals surface area contributed by atoms with E-state index in [-0.39, 0.29) is 18.9 Å². The molecule has 1 aromatic rings. The number of rotatable bonds is 6. The fourth-order valence-corrected chi connectivity index (χ4v) is 5.01. The molecule has 0 saturated carbocycles. The summed E-state index contributed by atoms with van der Waals surface area (Å²) in [5.74, 6) is 1.52. The lowest BCUT2D eigenvalue weighted by Crippen LogP contribution is -2.31. The zero-order chi connectivity index (χ0) is 17.4. The molecule has 1 fully saturated rings. The van der Waals surface area contributed by atoms with Crippen LogP contribution in [0, 0.1) is 11.3 Å². The summed E-state index contributed by atoms with van der Waals surface area (Å²) < 4.78 is 5.48. The normalized spacial score (nSPS) is 14.7. The minimum atomic E-state index is -0.507. The molecule has 1 heterocycles. The van der Waals surface area contributed by atoms with E-state index in [4.69, 9.17) is 10.00 Å². The predicted octanol–water partition coefficient (Wildman–Crippen LogP) is 3.08. The number of benzene rings is 1. The molecule has 0 aliphatic carbocycles. The zero-order valence-electron chi connectivity index (χ0n) is 13.6. The summed E-state index contributed by atoms with van der Waals surface area (Å²) in [5.41, 5.74) is 1.64. The van der Waals surface area contributed by atoms with Crippen molar-refractivity contribution in [1.29, 1.82) is 5.26 Å². The van der Waals surface area contributed by atoms with Crippen LogP contribution in [0.1, 0.15) is 33.3 Å². The Balaban J connectivity index is 1.84. The van der Waals surface area contributed by atoms with Crippen molar-refractivity contribution in [2.75, 3.05) is 31.7 Å². The Morgan fingerprint density at radius 2 is 1.96 bits per heavy atom. The first-order chi connectivity index (χ1) is 11.6. The van der Waals surface area contributed by atoms with Crippen LogP contribution in [0.3, 0.4) is 0 Å². The van der Waals surface area contributed by atoms with Gasteiger partial charge in [-0.2, -0.15) is 5.26 Å². The largest absolute Gasteiger partial charge is 0.452 e. The minimum absolute atomic E-state index is 0.259. The Labute approximate surface area is 150 Å². The Hall–Kier alpha value is -1.65. The molecule has 0 N–H and O–H groups in total. The van der Waals surface area contributed by atoms with Gasteiger partial charge in [-0.15, -0.1) is 23.5 Å². The number of amides is 1. The van der Waals surface area contributed by atoms with Gasteiger partial charge in [0, 0.05) is 13.6 Å². The summed E-state index contributed by atoms with van der Waals surface area (Å²) in [6.07, 6.45) is 1.50. The molecule has 128 valence electrons. The van der Waals surface area contributed by atoms with E-state index >= 15 is 0 Å². The van der Waals surface area contributed by atoms with Gasteiger partial charge >= 0.3 is 5.97 Å². The predicted molar refractivity (Wildman–Crippen MR) is 96.9 cm³/mol. The Morgan fingerprint density at radius 3 is 2.58 bits per heavy atom. The quantitative estimate of drug-likeness (QED) is 0.723. The van der Waals surface area contributed by atoms with Crippen molar-refractivity contribution in [2.24, 2.45) is 0 Å². The Morgan fingerprint density at radius 1 is 1.29 bits per heavy atom. The molecule has 1 aliphatic rings. The van der Waals surface area contributed by atoms with E-state index < -0.39 is 5.97 Å². The van der Waals surface area contributed by atoms with E-state index in [0.717, 1.165) is 0 Å². The molecule has 2 rings (SSSR count). The van der Waals surface area contributed by atoms with Crippen LogP contribution >= 0.6 is 23.5 Å². The molecular formula is C17H20N2O3S2. The Kier molecular flexibility index (Phi) is 7.47. The molecule has 24 heavy (non-hydrogen) atoms. The first-order valence-corrected chi connectivity index (χ1v) is 9.83. The number of hydrogen-bond donors (Lipinski definition) is 0. The Bertz CT molecular complexity index is 607. The first kappa shape index (κ1) is 18.7. The second-order valence-corrected chi connectivity index (χ2v) is 8.07. The first-order valence-electron chi connectivity index (χ1n) is 7.73. The smallest absolute Gasteiger partial charge is 0.338 e. The van der Waals surface area contributed by atoms with Gasteiger partial charge in [0.25, 0.3) is 5.91 Å². The average molecular weight is 364 g/mol. The van der Waals surface area contributed by atoms with Crippen LogP contribution in [0.5, 0.6) is 0 Å². The summed E-state index contributed by atoms with van der Waals surface area (Å²) in [5, 5.41) is 8.50. The molecule has 0 unspecified atom stereocenters. The summed E-state index contributed by atoms with van der Waals surface area (Å²) in [6, 6.07) is 9.37. The lowest BCUT2D eigenvalue weighted by atomic mass is 10.1. The number of likely N-dealkylation sites (N-methyl/N-ethyl adjacent to an activating group) is 1. The maximum atomic E-state index is 12.0. The van der Waals surface area contributed by atoms with Crippen molar-refractivity contribution in [3.8, 4) is 6.07 Å². The van der Waals surface area contributed by atoms with E-state index in [2.05, 4.69) is 0 Å². The SMILES string of the molecule is CN(CCC#N)C(=O)COC(=O)c1ccc(C2SCCCS2)cc1. The number of esters is 1. The number of thioether (sulfide) groups is 2. The second-order valence-electron chi connectivity index (χ2n) is 5.35. The van der Waals surface area contributed by atoms with Gasteiger partial charge in [0.15, 0.2) is 6.61 Å². The second kappa shape index (κ2) is 9.60. The molecular weight excluding hydrogens is 344 g/mol. The molecule has 7 heteroatoms. The number of nitrogens with zero attached hydrogens (tertiary/aromatic N) is 2. The van der Waals surface area contributed by atoms with E-state index in [9.17, 15) is 9.59 Å². The monoisotopic (exact) mass is 364 g/mol. The minimum Gasteiger partial charge on any atom is -0.452 e. The van der Waals surface area contributed by atoms with E-state index in [1.54, 1.807) is 19.2 Å². The fraction of sp³-hybridized carbons (Fsp3) is 0.471. The van der Waals surface area contributed by atoms with E-state index in [0.29, 0.717) is 16.7 Å². The molecule has 0 spiro atoms. The van der Waals surface area contributed by atoms with Gasteiger partial charge in [0.05, 0.1) is 22.6 Å². The third kappa shape index (κ3) is 5.46. The molecule has 1 saturated heterocycles. The van der Waals surface area contributed by atoms with Crippen LogP contribution in [0.15, 0.2) is 24.3 Å². The van der Waals surface area contributed by atoms with Crippen molar-refractivity contribution in [2.45, 2.75) is 17.4 Å². The highest BCUT2D eigenvalue weighted by Crippen LogP contribution is 2.43. The lowest BCUT2D eigenvalue weighted by Gasteiger charge is -2.21. The average Bonchev–Trinajstić information content (AvgIpc) is 2.64. The lowest BCUT2D eigenvalue weighted by molar-refractivity contribution is -0.133. The third-order valence-electron chi connectivity index (χ3n) is 3.56. The highest BCUT2D eigenvalue weighted by atomic mass is 32.2. The van der Waals surface area contributed by atoms with Gasteiger partial charge < -0.3 is 9.64 Å². The van der Waals surface area contributed by atoms with Gasteiger partial charge in [-0.3, -0.25) is 4.79 Å². The number of carbonyl (C=O) groups excluding carboxylic acids is 2. The highest BCUT2D eigenvalue weighted by Gasteiger charge is 2.18. The highest BCUT2D eigenvalue weighted by molar-refractivity contribution is 8.16. The van der Waals surface area contributed by atoms with Crippen LogP contribution in [0.25, 0.3) is 0 Å². The number of hydrogen-bond acceptors (Lipinski definition) is 6. The van der Waals surface area contributed by atoms with Gasteiger partial charge in [-0.05, 0) is 35.6 Å². The fourth-order valence-electron chi connectivity index (χ4n) is 2.12. The topological polar surface area (TPSA) is 70.4 Å². The van der Waals surface area contributed by atoms with Crippen molar-refractivity contribution in [3.05, 3.63) is 35.4 Å². The van der Waals surface area contributed by atoms with Crippen LogP contribution < -0.4 is 0 Å². The van der Waals surface area contributed by atoms with Crippen LogP contribution in [-0.4, -0.2) is 48.5 Å². The van der Waals surface area contributed by atoms with Gasteiger partial charge in [0.2, 0.25) is 0 Å². The maximum absolute atomic E-state index is 12.0. The summed E-state index contributed by atoms with van der Waals surface area (Å²) in [6.45, 7) is 0.0230. The third-order valence-corrected chi connectivity index (χ3v) is 6.57. The zero-order valence-corrected chi connectivity index (χ0v) is 15.2. The summed E-state index contributed by atoms with van der Waals surface area (Å²) in [4.78, 5) is 25.2. The van der Waals surface area contributed by atoms with Crippen molar-refractivity contribution < 1.29 is 14.3 Å². The van der Waals surface area contributed by atoms with Gasteiger partial charge in [-0.25, -0.2) is 4.79 Å². The molecule has 0 aromatic heterocycles. The standard InChI is InChI=1S/C17H20N2O3S2/c1-19(9-2-8-18)15(20)12-22-16(21)13-4-6-14(7-5-13)17-23-10-3-11-24-17/h4-7,17H,2-3,9-12H2,1H3. The number of nitriles is 1. The molecule has 0 radical (unpaired) electrons. The van der Waals surface area contributed by atoms with Gasteiger partial charge in [-0.1, -0.05) is 12.1 Å². The molecule has 1 aliphatic heterocycles. The maximum Gasteiger partial charge on any atom is 0.338 e.